The Labute approximate surface area is 166 Å². The quantitative estimate of drug-likeness (QED) is 0.765. The van der Waals surface area contributed by atoms with Gasteiger partial charge in [-0.05, 0) is 51.8 Å². The van der Waals surface area contributed by atoms with Gasteiger partial charge in [0.15, 0.2) is 11.5 Å². The van der Waals surface area contributed by atoms with E-state index in [4.69, 9.17) is 9.47 Å². The van der Waals surface area contributed by atoms with Crippen LogP contribution < -0.4 is 14.8 Å². The summed E-state index contributed by atoms with van der Waals surface area (Å²) in [6, 6.07) is 5.86. The zero-order chi connectivity index (χ0) is 20.1. The van der Waals surface area contributed by atoms with E-state index in [1.165, 1.54) is 0 Å². The number of benzene rings is 1. The van der Waals surface area contributed by atoms with Crippen molar-refractivity contribution in [2.45, 2.75) is 52.3 Å². The molecule has 0 atom stereocenters. The third kappa shape index (κ3) is 4.84. The summed E-state index contributed by atoms with van der Waals surface area (Å²) >= 11 is 0. The monoisotopic (exact) mass is 386 g/mol. The summed E-state index contributed by atoms with van der Waals surface area (Å²) in [5.41, 5.74) is 2.32. The van der Waals surface area contributed by atoms with Gasteiger partial charge in [-0.2, -0.15) is 0 Å². The highest BCUT2D eigenvalue weighted by atomic mass is 16.5. The SMILES string of the molecule is COc1ccc(C(=O)NCc2nc[nH]c2C)cc1OC1CCN(C(C)C)CC1. The number of aromatic amines is 1. The Hall–Kier alpha value is -2.54. The summed E-state index contributed by atoms with van der Waals surface area (Å²) in [6.07, 6.45) is 3.70. The van der Waals surface area contributed by atoms with E-state index in [1.54, 1.807) is 31.6 Å². The standard InChI is InChI=1S/C21H30N4O3/c1-14(2)25-9-7-17(8-10-25)28-20-11-16(5-6-19(20)27-4)21(26)22-12-18-15(3)23-13-24-18/h5-6,11,13-14,17H,7-10,12H2,1-4H3,(H,22,26)(H,23,24). The second kappa shape index (κ2) is 9.10. The van der Waals surface area contributed by atoms with E-state index in [9.17, 15) is 4.79 Å². The van der Waals surface area contributed by atoms with E-state index in [2.05, 4.69) is 34.0 Å². The van der Waals surface area contributed by atoms with E-state index in [0.29, 0.717) is 29.6 Å². The van der Waals surface area contributed by atoms with Crippen LogP contribution >= 0.6 is 0 Å². The normalized spacial score (nSPS) is 15.6. The second-order valence-electron chi connectivity index (χ2n) is 7.47. The number of nitrogens with one attached hydrogen (secondary N) is 2. The van der Waals surface area contributed by atoms with Crippen LogP contribution in [0.1, 0.15) is 48.4 Å². The van der Waals surface area contributed by atoms with Crippen LogP contribution in [0.4, 0.5) is 0 Å². The van der Waals surface area contributed by atoms with Gasteiger partial charge in [0.05, 0.1) is 25.7 Å². The van der Waals surface area contributed by atoms with Gasteiger partial charge in [0.2, 0.25) is 0 Å². The lowest BCUT2D eigenvalue weighted by Gasteiger charge is -2.34. The Morgan fingerprint density at radius 2 is 2.07 bits per heavy atom. The van der Waals surface area contributed by atoms with Gasteiger partial charge >= 0.3 is 0 Å². The molecule has 3 rings (SSSR count). The van der Waals surface area contributed by atoms with E-state index < -0.39 is 0 Å². The minimum atomic E-state index is -0.162. The van der Waals surface area contributed by atoms with Crippen molar-refractivity contribution in [3.63, 3.8) is 0 Å². The number of hydrogen-bond donors (Lipinski definition) is 2. The number of aryl methyl sites for hydroxylation is 1. The summed E-state index contributed by atoms with van der Waals surface area (Å²) in [5.74, 6) is 1.10. The molecule has 1 aromatic heterocycles. The van der Waals surface area contributed by atoms with Crippen molar-refractivity contribution in [3.8, 4) is 11.5 Å². The Bertz CT molecular complexity index is 795. The third-order valence-corrected chi connectivity index (χ3v) is 5.28. The molecule has 1 aliphatic heterocycles. The van der Waals surface area contributed by atoms with Crippen LogP contribution in [0.5, 0.6) is 11.5 Å². The van der Waals surface area contributed by atoms with Gasteiger partial charge in [0.1, 0.15) is 6.10 Å². The van der Waals surface area contributed by atoms with Crippen LogP contribution in [0.25, 0.3) is 0 Å². The number of aromatic nitrogens is 2. The lowest BCUT2D eigenvalue weighted by molar-refractivity contribution is 0.0819. The topological polar surface area (TPSA) is 79.5 Å². The predicted molar refractivity (Wildman–Crippen MR) is 108 cm³/mol. The lowest BCUT2D eigenvalue weighted by Crippen LogP contribution is -2.41. The van der Waals surface area contributed by atoms with Crippen LogP contribution in [0.2, 0.25) is 0 Å². The number of rotatable bonds is 7. The average Bonchev–Trinajstić information content (AvgIpc) is 3.11. The highest BCUT2D eigenvalue weighted by molar-refractivity contribution is 5.94. The van der Waals surface area contributed by atoms with Gasteiger partial charge in [-0.3, -0.25) is 4.79 Å². The number of piperidine rings is 1. The van der Waals surface area contributed by atoms with Crippen molar-refractivity contribution >= 4 is 5.91 Å². The minimum absolute atomic E-state index is 0.133. The number of carbonyl (C=O) groups is 1. The van der Waals surface area contributed by atoms with Crippen molar-refractivity contribution in [1.82, 2.24) is 20.2 Å². The summed E-state index contributed by atoms with van der Waals surface area (Å²) in [7, 11) is 1.61. The van der Waals surface area contributed by atoms with Gasteiger partial charge in [-0.1, -0.05) is 0 Å². The number of hydrogen-bond acceptors (Lipinski definition) is 5. The van der Waals surface area contributed by atoms with Gasteiger partial charge in [0, 0.05) is 30.4 Å². The van der Waals surface area contributed by atoms with Crippen molar-refractivity contribution in [1.29, 1.82) is 0 Å². The number of nitrogens with zero attached hydrogens (tertiary/aromatic N) is 2. The lowest BCUT2D eigenvalue weighted by atomic mass is 10.1. The molecular formula is C21H30N4O3. The van der Waals surface area contributed by atoms with Crippen LogP contribution in [0.3, 0.4) is 0 Å². The molecule has 152 valence electrons. The van der Waals surface area contributed by atoms with Crippen molar-refractivity contribution in [2.75, 3.05) is 20.2 Å². The van der Waals surface area contributed by atoms with E-state index in [0.717, 1.165) is 37.3 Å². The van der Waals surface area contributed by atoms with E-state index in [1.807, 2.05) is 6.92 Å². The largest absolute Gasteiger partial charge is 0.493 e. The molecule has 2 aromatic rings. The number of amides is 1. The van der Waals surface area contributed by atoms with Crippen molar-refractivity contribution in [2.24, 2.45) is 0 Å². The van der Waals surface area contributed by atoms with E-state index >= 15 is 0 Å². The van der Waals surface area contributed by atoms with Crippen LogP contribution in [-0.4, -0.2) is 53.1 Å². The predicted octanol–water partition coefficient (Wildman–Crippen LogP) is 2.91. The first kappa shape index (κ1) is 20.2. The molecular weight excluding hydrogens is 356 g/mol. The summed E-state index contributed by atoms with van der Waals surface area (Å²) in [5, 5.41) is 2.90. The number of methoxy groups -OCH3 is 1. The smallest absolute Gasteiger partial charge is 0.251 e. The van der Waals surface area contributed by atoms with Gasteiger partial charge in [-0.15, -0.1) is 0 Å². The first-order valence-corrected chi connectivity index (χ1v) is 9.83. The molecule has 0 spiro atoms. The molecule has 2 heterocycles. The summed E-state index contributed by atoms with van der Waals surface area (Å²) in [6.45, 7) is 8.79. The maximum Gasteiger partial charge on any atom is 0.251 e. The number of likely N-dealkylation sites (tertiary alicyclic amines) is 1. The molecule has 1 fully saturated rings. The fourth-order valence-corrected chi connectivity index (χ4v) is 3.43. The molecule has 1 saturated heterocycles. The van der Waals surface area contributed by atoms with Crippen LogP contribution in [0.15, 0.2) is 24.5 Å². The van der Waals surface area contributed by atoms with Gasteiger partial charge in [-0.25, -0.2) is 4.98 Å². The molecule has 2 N–H and O–H groups in total. The highest BCUT2D eigenvalue weighted by Crippen LogP contribution is 2.31. The molecule has 0 bridgehead atoms. The zero-order valence-electron chi connectivity index (χ0n) is 17.1. The fraction of sp³-hybridized carbons (Fsp3) is 0.524. The first-order chi connectivity index (χ1) is 13.5. The highest BCUT2D eigenvalue weighted by Gasteiger charge is 2.23. The molecule has 1 aliphatic rings. The van der Waals surface area contributed by atoms with Gasteiger partial charge in [0.25, 0.3) is 5.91 Å². The number of imidazole rings is 1. The average molecular weight is 386 g/mol. The summed E-state index contributed by atoms with van der Waals surface area (Å²) < 4.78 is 11.7. The molecule has 28 heavy (non-hydrogen) atoms. The van der Waals surface area contributed by atoms with Crippen LogP contribution in [-0.2, 0) is 6.54 Å². The maximum atomic E-state index is 12.6. The van der Waals surface area contributed by atoms with Crippen molar-refractivity contribution < 1.29 is 14.3 Å². The number of carbonyl (C=O) groups excluding carboxylic acids is 1. The molecule has 1 amide bonds. The molecule has 1 aromatic carbocycles. The molecule has 0 saturated carbocycles. The van der Waals surface area contributed by atoms with Crippen molar-refractivity contribution in [3.05, 3.63) is 41.5 Å². The Morgan fingerprint density at radius 3 is 2.68 bits per heavy atom. The van der Waals surface area contributed by atoms with E-state index in [-0.39, 0.29) is 12.0 Å². The number of H-pyrrole nitrogens is 1. The van der Waals surface area contributed by atoms with Crippen LogP contribution in [0, 0.1) is 6.92 Å². The fourth-order valence-electron chi connectivity index (χ4n) is 3.43. The first-order valence-electron chi connectivity index (χ1n) is 9.83. The molecule has 7 heteroatoms. The second-order valence-corrected chi connectivity index (χ2v) is 7.47. The van der Waals surface area contributed by atoms with Gasteiger partial charge < -0.3 is 24.7 Å². The number of ether oxygens (including phenoxy) is 2. The third-order valence-electron chi connectivity index (χ3n) is 5.28. The zero-order valence-corrected chi connectivity index (χ0v) is 17.1. The Morgan fingerprint density at radius 1 is 1.32 bits per heavy atom. The molecule has 0 unspecified atom stereocenters. The maximum absolute atomic E-state index is 12.6. The molecule has 7 nitrogen and oxygen atoms in total. The Kier molecular flexibility index (Phi) is 6.57. The Balaban J connectivity index is 1.64. The molecule has 0 radical (unpaired) electrons. The molecule has 0 aliphatic carbocycles. The minimum Gasteiger partial charge on any atom is -0.493 e. The summed E-state index contributed by atoms with van der Waals surface area (Å²) in [4.78, 5) is 22.2.